The summed E-state index contributed by atoms with van der Waals surface area (Å²) >= 11 is 0. The molecule has 2 aromatic carbocycles. The number of aromatic hydroxyl groups is 1. The second-order valence-electron chi connectivity index (χ2n) is 5.33. The summed E-state index contributed by atoms with van der Waals surface area (Å²) in [5.41, 5.74) is 1.65. The van der Waals surface area contributed by atoms with Gasteiger partial charge in [0.05, 0.1) is 7.11 Å². The lowest BCUT2D eigenvalue weighted by Crippen LogP contribution is -2.06. The Morgan fingerprint density at radius 2 is 1.92 bits per heavy atom. The van der Waals surface area contributed by atoms with E-state index in [9.17, 15) is 9.90 Å². The second kappa shape index (κ2) is 7.04. The van der Waals surface area contributed by atoms with Gasteiger partial charge >= 0.3 is 5.97 Å². The number of phenols is 1. The van der Waals surface area contributed by atoms with E-state index in [1.165, 1.54) is 6.07 Å². The van der Waals surface area contributed by atoms with Gasteiger partial charge in [-0.05, 0) is 43.3 Å². The van der Waals surface area contributed by atoms with E-state index in [-0.39, 0.29) is 23.8 Å². The van der Waals surface area contributed by atoms with Crippen LogP contribution in [0.5, 0.6) is 11.5 Å². The molecule has 0 fully saturated rings. The summed E-state index contributed by atoms with van der Waals surface area (Å²) in [5.74, 6) is 0.388. The number of benzene rings is 2. The van der Waals surface area contributed by atoms with Crippen molar-refractivity contribution in [2.24, 2.45) is 0 Å². The SMILES string of the molecule is COc1ccc(-c2nnc(COC(=O)c3cc(C)ccc3O)o2)cc1. The number of hydrogen-bond donors (Lipinski definition) is 1. The van der Waals surface area contributed by atoms with Crippen molar-refractivity contribution in [3.05, 3.63) is 59.5 Å². The van der Waals surface area contributed by atoms with Gasteiger partial charge in [-0.3, -0.25) is 0 Å². The standard InChI is InChI=1S/C18H16N2O5/c1-11-3-8-15(21)14(9-11)18(22)24-10-16-19-20-17(25-16)12-4-6-13(23-2)7-5-12/h3-9,21H,10H2,1-2H3. The first-order valence-electron chi connectivity index (χ1n) is 7.50. The summed E-state index contributed by atoms with van der Waals surface area (Å²) in [6.45, 7) is 1.63. The summed E-state index contributed by atoms with van der Waals surface area (Å²) < 4.78 is 15.7. The van der Waals surface area contributed by atoms with Gasteiger partial charge in [0.1, 0.15) is 17.1 Å². The van der Waals surface area contributed by atoms with Crippen molar-refractivity contribution in [2.45, 2.75) is 13.5 Å². The van der Waals surface area contributed by atoms with Crippen LogP contribution in [0.25, 0.3) is 11.5 Å². The van der Waals surface area contributed by atoms with Gasteiger partial charge in [0.2, 0.25) is 5.89 Å². The van der Waals surface area contributed by atoms with Crippen molar-refractivity contribution in [1.82, 2.24) is 10.2 Å². The van der Waals surface area contributed by atoms with Gasteiger partial charge in [0.25, 0.3) is 5.89 Å². The number of esters is 1. The topological polar surface area (TPSA) is 94.7 Å². The van der Waals surface area contributed by atoms with E-state index in [0.29, 0.717) is 5.89 Å². The van der Waals surface area contributed by atoms with E-state index in [0.717, 1.165) is 16.9 Å². The molecule has 0 spiro atoms. The summed E-state index contributed by atoms with van der Waals surface area (Å²) in [4.78, 5) is 12.1. The molecule has 1 heterocycles. The third kappa shape index (κ3) is 3.77. The first-order chi connectivity index (χ1) is 12.1. The van der Waals surface area contributed by atoms with E-state index < -0.39 is 5.97 Å². The van der Waals surface area contributed by atoms with Crippen LogP contribution < -0.4 is 4.74 Å². The molecule has 0 bridgehead atoms. The summed E-state index contributed by atoms with van der Waals surface area (Å²) in [7, 11) is 1.58. The Morgan fingerprint density at radius 3 is 2.64 bits per heavy atom. The van der Waals surface area contributed by atoms with E-state index in [1.54, 1.807) is 43.5 Å². The maximum absolute atomic E-state index is 12.1. The molecule has 1 N–H and O–H groups in total. The van der Waals surface area contributed by atoms with Crippen molar-refractivity contribution in [1.29, 1.82) is 0 Å². The Balaban J connectivity index is 1.67. The minimum atomic E-state index is -0.662. The molecule has 128 valence electrons. The van der Waals surface area contributed by atoms with Gasteiger partial charge in [-0.1, -0.05) is 11.6 Å². The molecule has 3 rings (SSSR count). The average Bonchev–Trinajstić information content (AvgIpc) is 3.11. The molecular formula is C18H16N2O5. The highest BCUT2D eigenvalue weighted by atomic mass is 16.5. The Labute approximate surface area is 143 Å². The molecule has 7 nitrogen and oxygen atoms in total. The molecule has 0 aliphatic carbocycles. The third-order valence-corrected chi connectivity index (χ3v) is 3.50. The Morgan fingerprint density at radius 1 is 1.16 bits per heavy atom. The molecule has 25 heavy (non-hydrogen) atoms. The number of ether oxygens (including phenoxy) is 2. The minimum absolute atomic E-state index is 0.0925. The fraction of sp³-hybridized carbons (Fsp3) is 0.167. The number of methoxy groups -OCH3 is 1. The smallest absolute Gasteiger partial charge is 0.342 e. The van der Waals surface area contributed by atoms with Gasteiger partial charge < -0.3 is 19.0 Å². The lowest BCUT2D eigenvalue weighted by atomic mass is 10.1. The summed E-state index contributed by atoms with van der Waals surface area (Å²) in [5, 5.41) is 17.5. The molecule has 1 aromatic heterocycles. The first kappa shape index (κ1) is 16.5. The molecule has 0 radical (unpaired) electrons. The van der Waals surface area contributed by atoms with Crippen LogP contribution >= 0.6 is 0 Å². The van der Waals surface area contributed by atoms with Crippen LogP contribution in [-0.4, -0.2) is 28.4 Å². The number of aryl methyl sites for hydroxylation is 1. The Hall–Kier alpha value is -3.35. The van der Waals surface area contributed by atoms with Gasteiger partial charge in [-0.15, -0.1) is 10.2 Å². The van der Waals surface area contributed by atoms with Crippen LogP contribution in [0.1, 0.15) is 21.8 Å². The predicted molar refractivity (Wildman–Crippen MR) is 88.2 cm³/mol. The molecule has 0 unspecified atom stereocenters. The molecule has 0 saturated carbocycles. The molecule has 0 amide bonds. The van der Waals surface area contributed by atoms with Crippen molar-refractivity contribution in [3.8, 4) is 23.0 Å². The molecule has 7 heteroatoms. The van der Waals surface area contributed by atoms with E-state index in [4.69, 9.17) is 13.9 Å². The zero-order chi connectivity index (χ0) is 17.8. The zero-order valence-corrected chi connectivity index (χ0v) is 13.7. The van der Waals surface area contributed by atoms with Crippen LogP contribution in [-0.2, 0) is 11.3 Å². The second-order valence-corrected chi connectivity index (χ2v) is 5.33. The lowest BCUT2D eigenvalue weighted by Gasteiger charge is -2.05. The molecular weight excluding hydrogens is 324 g/mol. The molecule has 0 atom stereocenters. The third-order valence-electron chi connectivity index (χ3n) is 3.50. The maximum atomic E-state index is 12.1. The van der Waals surface area contributed by atoms with E-state index >= 15 is 0 Å². The summed E-state index contributed by atoms with van der Waals surface area (Å²) in [6.07, 6.45) is 0. The number of carbonyl (C=O) groups excluding carboxylic acids is 1. The average molecular weight is 340 g/mol. The van der Waals surface area contributed by atoms with Crippen LogP contribution in [0.2, 0.25) is 0 Å². The van der Waals surface area contributed by atoms with E-state index in [2.05, 4.69) is 10.2 Å². The van der Waals surface area contributed by atoms with Crippen LogP contribution in [0.15, 0.2) is 46.9 Å². The maximum Gasteiger partial charge on any atom is 0.342 e. The minimum Gasteiger partial charge on any atom is -0.507 e. The molecule has 3 aromatic rings. The van der Waals surface area contributed by atoms with Crippen molar-refractivity contribution >= 4 is 5.97 Å². The largest absolute Gasteiger partial charge is 0.507 e. The Kier molecular flexibility index (Phi) is 4.65. The van der Waals surface area contributed by atoms with Crippen LogP contribution in [0, 0.1) is 6.92 Å². The number of phenolic OH excluding ortho intramolecular Hbond substituents is 1. The number of nitrogens with zero attached hydrogens (tertiary/aromatic N) is 2. The highest BCUT2D eigenvalue weighted by Gasteiger charge is 2.15. The number of carbonyl (C=O) groups is 1. The number of aromatic nitrogens is 2. The van der Waals surface area contributed by atoms with Crippen LogP contribution in [0.3, 0.4) is 0 Å². The highest BCUT2D eigenvalue weighted by Crippen LogP contribution is 2.22. The normalized spacial score (nSPS) is 10.5. The van der Waals surface area contributed by atoms with Crippen LogP contribution in [0.4, 0.5) is 0 Å². The van der Waals surface area contributed by atoms with Crippen molar-refractivity contribution < 1.29 is 23.8 Å². The molecule has 0 aliphatic heterocycles. The van der Waals surface area contributed by atoms with Crippen molar-refractivity contribution in [2.75, 3.05) is 7.11 Å². The molecule has 0 saturated heterocycles. The first-order valence-corrected chi connectivity index (χ1v) is 7.50. The fourth-order valence-corrected chi connectivity index (χ4v) is 2.18. The van der Waals surface area contributed by atoms with E-state index in [1.807, 2.05) is 6.92 Å². The van der Waals surface area contributed by atoms with Gasteiger partial charge in [0, 0.05) is 5.56 Å². The zero-order valence-electron chi connectivity index (χ0n) is 13.7. The fourth-order valence-electron chi connectivity index (χ4n) is 2.18. The Bertz CT molecular complexity index is 887. The van der Waals surface area contributed by atoms with Gasteiger partial charge in [-0.25, -0.2) is 4.79 Å². The monoisotopic (exact) mass is 340 g/mol. The quantitative estimate of drug-likeness (QED) is 0.713. The number of hydrogen-bond acceptors (Lipinski definition) is 7. The highest BCUT2D eigenvalue weighted by molar-refractivity contribution is 5.92. The molecule has 0 aliphatic rings. The van der Waals surface area contributed by atoms with Gasteiger partial charge in [-0.2, -0.15) is 0 Å². The summed E-state index contributed by atoms with van der Waals surface area (Å²) in [6, 6.07) is 11.8. The van der Waals surface area contributed by atoms with Gasteiger partial charge in [0.15, 0.2) is 6.61 Å². The lowest BCUT2D eigenvalue weighted by molar-refractivity contribution is 0.0435. The van der Waals surface area contributed by atoms with Crippen molar-refractivity contribution in [3.63, 3.8) is 0 Å². The number of rotatable bonds is 5. The predicted octanol–water partition coefficient (Wildman–Crippen LogP) is 3.12.